The molecule has 3 rings (SSSR count). The average molecular weight is 263 g/mol. The van der Waals surface area contributed by atoms with E-state index in [2.05, 4.69) is 15.5 Å². The number of aryl methyl sites for hydroxylation is 1. The van der Waals surface area contributed by atoms with Crippen molar-refractivity contribution in [1.82, 2.24) is 15.5 Å². The van der Waals surface area contributed by atoms with Crippen molar-refractivity contribution in [3.8, 4) is 11.5 Å². The zero-order valence-corrected chi connectivity index (χ0v) is 10.5. The van der Waals surface area contributed by atoms with Gasteiger partial charge in [0.15, 0.2) is 0 Å². The van der Waals surface area contributed by atoms with Gasteiger partial charge in [0.1, 0.15) is 11.9 Å². The summed E-state index contributed by atoms with van der Waals surface area (Å²) in [5.41, 5.74) is 1.26. The molecule has 1 fully saturated rings. The summed E-state index contributed by atoms with van der Waals surface area (Å²) in [5, 5.41) is 7.13. The minimum Gasteiger partial charge on any atom is -0.367 e. The Morgan fingerprint density at radius 2 is 2.32 bits per heavy atom. The van der Waals surface area contributed by atoms with E-state index in [1.54, 1.807) is 19.1 Å². The molecule has 19 heavy (non-hydrogen) atoms. The van der Waals surface area contributed by atoms with Gasteiger partial charge in [-0.2, -0.15) is 4.98 Å². The first-order valence-corrected chi connectivity index (χ1v) is 6.16. The van der Waals surface area contributed by atoms with Gasteiger partial charge in [-0.25, -0.2) is 4.39 Å². The highest BCUT2D eigenvalue weighted by atomic mass is 19.1. The number of aromatic nitrogens is 2. The van der Waals surface area contributed by atoms with Crippen LogP contribution in [0.2, 0.25) is 0 Å². The molecule has 1 aromatic heterocycles. The van der Waals surface area contributed by atoms with E-state index in [1.165, 1.54) is 6.07 Å². The van der Waals surface area contributed by atoms with E-state index in [0.29, 0.717) is 36.0 Å². The van der Waals surface area contributed by atoms with Crippen LogP contribution in [0.5, 0.6) is 0 Å². The monoisotopic (exact) mass is 263 g/mol. The van der Waals surface area contributed by atoms with Crippen molar-refractivity contribution in [1.29, 1.82) is 0 Å². The van der Waals surface area contributed by atoms with Gasteiger partial charge in [-0.1, -0.05) is 5.16 Å². The number of nitrogens with one attached hydrogen (secondary N) is 1. The van der Waals surface area contributed by atoms with Gasteiger partial charge in [-0.3, -0.25) is 0 Å². The third-order valence-corrected chi connectivity index (χ3v) is 3.06. The molecule has 0 spiro atoms. The predicted molar refractivity (Wildman–Crippen MR) is 66.0 cm³/mol. The van der Waals surface area contributed by atoms with E-state index >= 15 is 0 Å². The normalized spacial score (nSPS) is 19.6. The molecule has 1 unspecified atom stereocenters. The van der Waals surface area contributed by atoms with E-state index in [-0.39, 0.29) is 11.9 Å². The molecule has 6 heteroatoms. The Kier molecular flexibility index (Phi) is 3.27. The van der Waals surface area contributed by atoms with Gasteiger partial charge < -0.3 is 14.6 Å². The van der Waals surface area contributed by atoms with Crippen LogP contribution >= 0.6 is 0 Å². The molecule has 1 aliphatic heterocycles. The fraction of sp³-hybridized carbons (Fsp3) is 0.385. The molecule has 1 atom stereocenters. The maximum atomic E-state index is 13.2. The summed E-state index contributed by atoms with van der Waals surface area (Å²) < 4.78 is 24.0. The number of hydrogen-bond donors (Lipinski definition) is 1. The highest BCUT2D eigenvalue weighted by molar-refractivity contribution is 5.54. The van der Waals surface area contributed by atoms with Crippen LogP contribution in [0.15, 0.2) is 22.7 Å². The zero-order valence-electron chi connectivity index (χ0n) is 10.5. The smallest absolute Gasteiger partial charge is 0.258 e. The van der Waals surface area contributed by atoms with Crippen LogP contribution in [0, 0.1) is 12.7 Å². The Hall–Kier alpha value is -1.79. The Morgan fingerprint density at radius 3 is 3.05 bits per heavy atom. The zero-order chi connectivity index (χ0) is 13.2. The molecule has 1 saturated heterocycles. The lowest BCUT2D eigenvalue weighted by molar-refractivity contribution is 0.0208. The third-order valence-electron chi connectivity index (χ3n) is 3.06. The first kappa shape index (κ1) is 12.3. The Bertz CT molecular complexity index is 579. The molecule has 5 nitrogen and oxygen atoms in total. The summed E-state index contributed by atoms with van der Waals surface area (Å²) in [6.45, 7) is 3.83. The molecule has 100 valence electrons. The molecular weight excluding hydrogens is 249 g/mol. The van der Waals surface area contributed by atoms with Crippen molar-refractivity contribution in [2.45, 2.75) is 13.0 Å². The van der Waals surface area contributed by atoms with E-state index in [1.807, 2.05) is 0 Å². The highest BCUT2D eigenvalue weighted by Crippen LogP contribution is 2.23. The Labute approximate surface area is 109 Å². The summed E-state index contributed by atoms with van der Waals surface area (Å²) >= 11 is 0. The Morgan fingerprint density at radius 1 is 1.42 bits per heavy atom. The van der Waals surface area contributed by atoms with Crippen LogP contribution in [0.3, 0.4) is 0 Å². The van der Waals surface area contributed by atoms with Crippen molar-refractivity contribution in [3.63, 3.8) is 0 Å². The van der Waals surface area contributed by atoms with Gasteiger partial charge in [-0.05, 0) is 30.7 Å². The summed E-state index contributed by atoms with van der Waals surface area (Å²) in [4.78, 5) is 4.31. The molecule has 0 aliphatic carbocycles. The minimum absolute atomic E-state index is 0.187. The maximum Gasteiger partial charge on any atom is 0.258 e. The quantitative estimate of drug-likeness (QED) is 0.896. The largest absolute Gasteiger partial charge is 0.367 e. The lowest BCUT2D eigenvalue weighted by atomic mass is 10.1. The first-order chi connectivity index (χ1) is 9.24. The lowest BCUT2D eigenvalue weighted by Gasteiger charge is -2.20. The standard InChI is InChI=1S/C13H14FN3O2/c1-8-6-9(2-3-10(8)14)13-16-12(17-19-13)11-7-15-4-5-18-11/h2-3,6,11,15H,4-5,7H2,1H3. The molecule has 0 amide bonds. The summed E-state index contributed by atoms with van der Waals surface area (Å²) in [6, 6.07) is 4.71. The van der Waals surface area contributed by atoms with E-state index < -0.39 is 0 Å². The number of morpholine rings is 1. The van der Waals surface area contributed by atoms with Gasteiger partial charge in [0.25, 0.3) is 5.89 Å². The van der Waals surface area contributed by atoms with Crippen molar-refractivity contribution in [2.24, 2.45) is 0 Å². The van der Waals surface area contributed by atoms with Crippen molar-refractivity contribution >= 4 is 0 Å². The van der Waals surface area contributed by atoms with Crippen LogP contribution in [-0.4, -0.2) is 29.8 Å². The molecule has 1 N–H and O–H groups in total. The van der Waals surface area contributed by atoms with Gasteiger partial charge in [-0.15, -0.1) is 0 Å². The van der Waals surface area contributed by atoms with E-state index in [0.717, 1.165) is 6.54 Å². The second-order valence-corrected chi connectivity index (χ2v) is 4.49. The van der Waals surface area contributed by atoms with Gasteiger partial charge in [0.05, 0.1) is 6.61 Å². The van der Waals surface area contributed by atoms with Crippen LogP contribution < -0.4 is 5.32 Å². The summed E-state index contributed by atoms with van der Waals surface area (Å²) in [5.74, 6) is 0.653. The van der Waals surface area contributed by atoms with Crippen molar-refractivity contribution in [3.05, 3.63) is 35.4 Å². The SMILES string of the molecule is Cc1cc(-c2nc(C3CNCCO3)no2)ccc1F. The fourth-order valence-electron chi connectivity index (χ4n) is 1.99. The molecule has 2 heterocycles. The van der Waals surface area contributed by atoms with Crippen LogP contribution in [0.1, 0.15) is 17.5 Å². The molecular formula is C13H14FN3O2. The molecule has 2 aromatic rings. The molecule has 1 aromatic carbocycles. The number of halogens is 1. The highest BCUT2D eigenvalue weighted by Gasteiger charge is 2.22. The predicted octanol–water partition coefficient (Wildman–Crippen LogP) is 1.85. The molecule has 0 bridgehead atoms. The lowest BCUT2D eigenvalue weighted by Crippen LogP contribution is -2.33. The number of hydrogen-bond acceptors (Lipinski definition) is 5. The fourth-order valence-corrected chi connectivity index (χ4v) is 1.99. The van der Waals surface area contributed by atoms with Gasteiger partial charge in [0, 0.05) is 18.7 Å². The average Bonchev–Trinajstić information content (AvgIpc) is 2.93. The van der Waals surface area contributed by atoms with E-state index in [4.69, 9.17) is 9.26 Å². The van der Waals surface area contributed by atoms with Crippen molar-refractivity contribution in [2.75, 3.05) is 19.7 Å². The van der Waals surface area contributed by atoms with Crippen molar-refractivity contribution < 1.29 is 13.7 Å². The molecule has 0 radical (unpaired) electrons. The number of nitrogens with zero attached hydrogens (tertiary/aromatic N) is 2. The Balaban J connectivity index is 1.85. The van der Waals surface area contributed by atoms with Gasteiger partial charge >= 0.3 is 0 Å². The van der Waals surface area contributed by atoms with Gasteiger partial charge in [0.2, 0.25) is 5.82 Å². The second kappa shape index (κ2) is 5.07. The first-order valence-electron chi connectivity index (χ1n) is 6.16. The number of rotatable bonds is 2. The second-order valence-electron chi connectivity index (χ2n) is 4.49. The molecule has 1 aliphatic rings. The third kappa shape index (κ3) is 2.50. The maximum absolute atomic E-state index is 13.2. The summed E-state index contributed by atoms with van der Waals surface area (Å²) in [6.07, 6.45) is -0.187. The number of benzene rings is 1. The molecule has 0 saturated carbocycles. The summed E-state index contributed by atoms with van der Waals surface area (Å²) in [7, 11) is 0. The van der Waals surface area contributed by atoms with E-state index in [9.17, 15) is 4.39 Å². The van der Waals surface area contributed by atoms with Crippen LogP contribution in [0.4, 0.5) is 4.39 Å². The topological polar surface area (TPSA) is 60.2 Å². The minimum atomic E-state index is -0.247. The van der Waals surface area contributed by atoms with Crippen LogP contribution in [-0.2, 0) is 4.74 Å². The number of ether oxygens (including phenoxy) is 1. The van der Waals surface area contributed by atoms with Crippen LogP contribution in [0.25, 0.3) is 11.5 Å².